The van der Waals surface area contributed by atoms with Crippen molar-refractivity contribution >= 4 is 11.7 Å². The molecule has 0 fully saturated rings. The van der Waals surface area contributed by atoms with Crippen LogP contribution in [-0.4, -0.2) is 11.1 Å². The number of anilines is 1. The van der Waals surface area contributed by atoms with Crippen LogP contribution in [0, 0.1) is 29.6 Å². The predicted octanol–water partition coefficient (Wildman–Crippen LogP) is 2.36. The first-order valence-electron chi connectivity index (χ1n) is 5.65. The molecule has 96 valence electrons. The van der Waals surface area contributed by atoms with E-state index in [4.69, 9.17) is 15.6 Å². The third-order valence-corrected chi connectivity index (χ3v) is 2.54. The Morgan fingerprint density at radius 1 is 1.42 bits per heavy atom. The van der Waals surface area contributed by atoms with Gasteiger partial charge in [0.2, 0.25) is 0 Å². The number of carbonyl (C=O) groups is 1. The Kier molecular flexibility index (Phi) is 5.13. The van der Waals surface area contributed by atoms with Crippen LogP contribution in [0.1, 0.15) is 17.5 Å². The van der Waals surface area contributed by atoms with E-state index >= 15 is 0 Å². The van der Waals surface area contributed by atoms with Crippen LogP contribution >= 0.6 is 0 Å². The summed E-state index contributed by atoms with van der Waals surface area (Å²) in [5.74, 6) is -0.841. The van der Waals surface area contributed by atoms with E-state index < -0.39 is 5.97 Å². The number of benzene rings is 1. The number of carboxylic acid groups (broad SMARTS) is 1. The maximum absolute atomic E-state index is 10.5. The Morgan fingerprint density at radius 2 is 2.11 bits per heavy atom. The van der Waals surface area contributed by atoms with Crippen molar-refractivity contribution < 1.29 is 9.90 Å². The molecule has 0 spiro atoms. The molecule has 5 nitrogen and oxygen atoms in total. The summed E-state index contributed by atoms with van der Waals surface area (Å²) in [5, 5.41) is 28.8. The van der Waals surface area contributed by atoms with E-state index in [1.165, 1.54) is 6.20 Å². The van der Waals surface area contributed by atoms with Crippen LogP contribution in [0.5, 0.6) is 0 Å². The summed E-state index contributed by atoms with van der Waals surface area (Å²) in [6.45, 7) is 1.88. The molecule has 1 rings (SSSR count). The van der Waals surface area contributed by atoms with Gasteiger partial charge in [0.05, 0.1) is 0 Å². The van der Waals surface area contributed by atoms with E-state index in [9.17, 15) is 4.79 Å². The monoisotopic (exact) mass is 255 g/mol. The van der Waals surface area contributed by atoms with Gasteiger partial charge < -0.3 is 10.4 Å². The lowest BCUT2D eigenvalue weighted by atomic mass is 10.1. The van der Waals surface area contributed by atoms with Gasteiger partial charge in [0.1, 0.15) is 17.7 Å². The van der Waals surface area contributed by atoms with Gasteiger partial charge in [-0.3, -0.25) is 4.79 Å². The van der Waals surface area contributed by atoms with Gasteiger partial charge in [-0.2, -0.15) is 10.5 Å². The average Bonchev–Trinajstić information content (AvgIpc) is 2.40. The molecule has 0 radical (unpaired) electrons. The molecule has 0 heterocycles. The Labute approximate surface area is 111 Å². The van der Waals surface area contributed by atoms with Gasteiger partial charge in [-0.1, -0.05) is 12.1 Å². The molecular formula is C14H13N3O2. The molecule has 19 heavy (non-hydrogen) atoms. The van der Waals surface area contributed by atoms with Gasteiger partial charge in [0.15, 0.2) is 0 Å². The number of rotatable bonds is 5. The van der Waals surface area contributed by atoms with Crippen molar-refractivity contribution in [1.29, 1.82) is 10.5 Å². The fraction of sp³-hybridized carbons (Fsp3) is 0.214. The van der Waals surface area contributed by atoms with Crippen LogP contribution in [0.15, 0.2) is 30.0 Å². The highest BCUT2D eigenvalue weighted by Crippen LogP contribution is 2.18. The van der Waals surface area contributed by atoms with Gasteiger partial charge in [-0.25, -0.2) is 0 Å². The molecule has 1 aromatic rings. The standard InChI is InChI=1S/C14H13N3O2/c1-10-2-3-11(4-5-14(18)19)6-13(10)17-9-12(7-15)8-16/h2-3,6,9,17H,4-5H2,1H3,(H,18,19). The van der Waals surface area contributed by atoms with Crippen molar-refractivity contribution in [1.82, 2.24) is 0 Å². The highest BCUT2D eigenvalue weighted by atomic mass is 16.4. The summed E-state index contributed by atoms with van der Waals surface area (Å²) in [6.07, 6.45) is 1.85. The lowest BCUT2D eigenvalue weighted by molar-refractivity contribution is -0.136. The number of hydrogen-bond acceptors (Lipinski definition) is 4. The minimum absolute atomic E-state index is 0.0182. The maximum Gasteiger partial charge on any atom is 0.303 e. The number of carboxylic acids is 1. The average molecular weight is 255 g/mol. The van der Waals surface area contributed by atoms with E-state index in [0.29, 0.717) is 6.42 Å². The number of nitrogens with zero attached hydrogens (tertiary/aromatic N) is 2. The minimum atomic E-state index is -0.841. The van der Waals surface area contributed by atoms with Crippen molar-refractivity contribution in [2.75, 3.05) is 5.32 Å². The zero-order valence-electron chi connectivity index (χ0n) is 10.5. The molecule has 0 aliphatic rings. The summed E-state index contributed by atoms with van der Waals surface area (Å²) >= 11 is 0. The molecule has 0 aliphatic carbocycles. The number of aryl methyl sites for hydroxylation is 2. The Balaban J connectivity index is 2.87. The number of nitrogens with one attached hydrogen (secondary N) is 1. The van der Waals surface area contributed by atoms with E-state index in [1.807, 2.05) is 25.1 Å². The van der Waals surface area contributed by atoms with Gasteiger partial charge in [-0.15, -0.1) is 0 Å². The molecule has 0 amide bonds. The van der Waals surface area contributed by atoms with Crippen LogP contribution in [0.3, 0.4) is 0 Å². The normalized spacial score (nSPS) is 9.00. The van der Waals surface area contributed by atoms with E-state index in [2.05, 4.69) is 5.32 Å². The van der Waals surface area contributed by atoms with Crippen LogP contribution in [-0.2, 0) is 11.2 Å². The highest BCUT2D eigenvalue weighted by Gasteiger charge is 2.03. The largest absolute Gasteiger partial charge is 0.481 e. The summed E-state index contributed by atoms with van der Waals surface area (Å²) in [4.78, 5) is 10.5. The molecule has 5 heteroatoms. The van der Waals surface area contributed by atoms with Crippen LogP contribution in [0.4, 0.5) is 5.69 Å². The van der Waals surface area contributed by atoms with Crippen LogP contribution in [0.2, 0.25) is 0 Å². The summed E-state index contributed by atoms with van der Waals surface area (Å²) in [6, 6.07) is 9.06. The highest BCUT2D eigenvalue weighted by molar-refractivity contribution is 5.67. The van der Waals surface area contributed by atoms with Gasteiger partial charge >= 0.3 is 5.97 Å². The second kappa shape index (κ2) is 6.83. The molecule has 0 bridgehead atoms. The first kappa shape index (κ1) is 14.3. The minimum Gasteiger partial charge on any atom is -0.481 e. The molecule has 2 N–H and O–H groups in total. The quantitative estimate of drug-likeness (QED) is 0.787. The third kappa shape index (κ3) is 4.53. The summed E-state index contributed by atoms with van der Waals surface area (Å²) in [5.41, 5.74) is 2.58. The van der Waals surface area contributed by atoms with E-state index in [1.54, 1.807) is 12.1 Å². The predicted molar refractivity (Wildman–Crippen MR) is 70.1 cm³/mol. The van der Waals surface area contributed by atoms with E-state index in [0.717, 1.165) is 16.8 Å². The van der Waals surface area contributed by atoms with Crippen molar-refractivity contribution in [2.24, 2.45) is 0 Å². The second-order valence-electron chi connectivity index (χ2n) is 3.97. The Morgan fingerprint density at radius 3 is 2.68 bits per heavy atom. The lowest BCUT2D eigenvalue weighted by Crippen LogP contribution is -1.99. The SMILES string of the molecule is Cc1ccc(CCC(=O)O)cc1NC=C(C#N)C#N. The molecule has 0 saturated carbocycles. The molecule has 0 aromatic heterocycles. The van der Waals surface area contributed by atoms with E-state index in [-0.39, 0.29) is 12.0 Å². The number of allylic oxidation sites excluding steroid dienone is 1. The van der Waals surface area contributed by atoms with Crippen molar-refractivity contribution in [3.05, 3.63) is 41.1 Å². The van der Waals surface area contributed by atoms with Crippen molar-refractivity contribution in [3.63, 3.8) is 0 Å². The lowest BCUT2D eigenvalue weighted by Gasteiger charge is -2.08. The van der Waals surface area contributed by atoms with Crippen molar-refractivity contribution in [2.45, 2.75) is 19.8 Å². The Bertz CT molecular complexity index is 576. The molecular weight excluding hydrogens is 242 g/mol. The number of aliphatic carboxylic acids is 1. The Hall–Kier alpha value is -2.79. The van der Waals surface area contributed by atoms with Crippen molar-refractivity contribution in [3.8, 4) is 12.1 Å². The van der Waals surface area contributed by atoms with Gasteiger partial charge in [-0.05, 0) is 30.5 Å². The second-order valence-corrected chi connectivity index (χ2v) is 3.97. The summed E-state index contributed by atoms with van der Waals surface area (Å²) in [7, 11) is 0. The third-order valence-electron chi connectivity index (χ3n) is 2.54. The number of hydrogen-bond donors (Lipinski definition) is 2. The topological polar surface area (TPSA) is 96.9 Å². The van der Waals surface area contributed by atoms with Crippen LogP contribution in [0.25, 0.3) is 0 Å². The zero-order chi connectivity index (χ0) is 14.3. The first-order chi connectivity index (χ1) is 9.06. The zero-order valence-corrected chi connectivity index (χ0v) is 10.5. The first-order valence-corrected chi connectivity index (χ1v) is 5.65. The number of nitriles is 2. The van der Waals surface area contributed by atoms with Gasteiger partial charge in [0.25, 0.3) is 0 Å². The van der Waals surface area contributed by atoms with Crippen LogP contribution < -0.4 is 5.32 Å². The molecule has 0 saturated heterocycles. The molecule has 1 aromatic carbocycles. The fourth-order valence-corrected chi connectivity index (χ4v) is 1.47. The molecule has 0 atom stereocenters. The maximum atomic E-state index is 10.5. The van der Waals surface area contributed by atoms with Gasteiger partial charge in [0, 0.05) is 18.3 Å². The molecule has 0 aliphatic heterocycles. The molecule has 0 unspecified atom stereocenters. The smallest absolute Gasteiger partial charge is 0.303 e. The summed E-state index contributed by atoms with van der Waals surface area (Å²) < 4.78 is 0. The fourth-order valence-electron chi connectivity index (χ4n) is 1.47.